The lowest BCUT2D eigenvalue weighted by Crippen LogP contribution is -2.21. The first kappa shape index (κ1) is 15.6. The fourth-order valence-electron chi connectivity index (χ4n) is 2.05. The van der Waals surface area contributed by atoms with E-state index in [0.29, 0.717) is 16.9 Å². The molecule has 2 rings (SSSR count). The Hall–Kier alpha value is -2.83. The number of nitrogens with one attached hydrogen (secondary N) is 2. The Morgan fingerprint density at radius 3 is 2.77 bits per heavy atom. The molecule has 0 saturated heterocycles. The number of aryl methyl sites for hydroxylation is 1. The van der Waals surface area contributed by atoms with Crippen LogP contribution in [0.25, 0.3) is 0 Å². The van der Waals surface area contributed by atoms with Crippen molar-refractivity contribution in [2.24, 2.45) is 5.73 Å². The lowest BCUT2D eigenvalue weighted by molar-refractivity contribution is -0.117. The fourth-order valence-corrected chi connectivity index (χ4v) is 2.05. The first-order valence-corrected chi connectivity index (χ1v) is 7.05. The number of urea groups is 1. The number of anilines is 2. The Balaban J connectivity index is 2.00. The first-order chi connectivity index (χ1) is 10.6. The van der Waals surface area contributed by atoms with E-state index < -0.39 is 11.9 Å². The number of hydrogen-bond donors (Lipinski definition) is 3. The summed E-state index contributed by atoms with van der Waals surface area (Å²) in [6, 6.07) is 6.64. The van der Waals surface area contributed by atoms with Crippen LogP contribution < -0.4 is 16.4 Å². The molecule has 1 heterocycles. The SMILES string of the molecule is CCCn1cc(NC(=O)Nc2ccccc2CC(N)=O)cn1. The van der Waals surface area contributed by atoms with Crippen LogP contribution in [0.5, 0.6) is 0 Å². The summed E-state index contributed by atoms with van der Waals surface area (Å²) < 4.78 is 1.76. The number of para-hydroxylation sites is 1. The van der Waals surface area contributed by atoms with Crippen molar-refractivity contribution in [3.8, 4) is 0 Å². The number of benzene rings is 1. The lowest BCUT2D eigenvalue weighted by Gasteiger charge is -2.10. The second kappa shape index (κ2) is 7.26. The number of rotatable bonds is 6. The molecule has 7 heteroatoms. The third-order valence-corrected chi connectivity index (χ3v) is 2.97. The van der Waals surface area contributed by atoms with Crippen LogP contribution in [0.15, 0.2) is 36.7 Å². The first-order valence-electron chi connectivity index (χ1n) is 7.05. The monoisotopic (exact) mass is 301 g/mol. The molecule has 0 aliphatic heterocycles. The zero-order valence-electron chi connectivity index (χ0n) is 12.4. The van der Waals surface area contributed by atoms with E-state index >= 15 is 0 Å². The van der Waals surface area contributed by atoms with Crippen molar-refractivity contribution in [1.82, 2.24) is 9.78 Å². The zero-order valence-corrected chi connectivity index (χ0v) is 12.4. The number of carbonyl (C=O) groups excluding carboxylic acids is 2. The molecule has 0 unspecified atom stereocenters. The minimum atomic E-state index is -0.449. The van der Waals surface area contributed by atoms with Crippen LogP contribution in [-0.2, 0) is 17.8 Å². The Kier molecular flexibility index (Phi) is 5.13. The van der Waals surface area contributed by atoms with Crippen molar-refractivity contribution >= 4 is 23.3 Å². The van der Waals surface area contributed by atoms with E-state index in [1.807, 2.05) is 0 Å². The van der Waals surface area contributed by atoms with Gasteiger partial charge >= 0.3 is 6.03 Å². The molecular weight excluding hydrogens is 282 g/mol. The predicted molar refractivity (Wildman–Crippen MR) is 84.5 cm³/mol. The van der Waals surface area contributed by atoms with Crippen molar-refractivity contribution in [2.75, 3.05) is 10.6 Å². The third-order valence-electron chi connectivity index (χ3n) is 2.97. The number of amides is 3. The molecule has 0 saturated carbocycles. The van der Waals surface area contributed by atoms with Crippen LogP contribution >= 0.6 is 0 Å². The van der Waals surface area contributed by atoms with Crippen molar-refractivity contribution < 1.29 is 9.59 Å². The average molecular weight is 301 g/mol. The molecule has 0 fully saturated rings. The Bertz CT molecular complexity index is 665. The third kappa shape index (κ3) is 4.34. The smallest absolute Gasteiger partial charge is 0.323 e. The normalized spacial score (nSPS) is 10.2. The summed E-state index contributed by atoms with van der Waals surface area (Å²) in [4.78, 5) is 23.1. The van der Waals surface area contributed by atoms with Gasteiger partial charge in [0.2, 0.25) is 5.91 Å². The predicted octanol–water partition coefficient (Wildman–Crippen LogP) is 1.96. The number of aromatic nitrogens is 2. The van der Waals surface area contributed by atoms with Gasteiger partial charge in [-0.05, 0) is 18.1 Å². The van der Waals surface area contributed by atoms with Gasteiger partial charge in [-0.25, -0.2) is 4.79 Å². The maximum Gasteiger partial charge on any atom is 0.323 e. The summed E-state index contributed by atoms with van der Waals surface area (Å²) in [5.41, 5.74) is 7.04. The Morgan fingerprint density at radius 2 is 2.05 bits per heavy atom. The summed E-state index contributed by atoms with van der Waals surface area (Å²) in [6.07, 6.45) is 4.39. The van der Waals surface area contributed by atoms with E-state index in [2.05, 4.69) is 22.7 Å². The van der Waals surface area contributed by atoms with Crippen LogP contribution in [0.2, 0.25) is 0 Å². The van der Waals surface area contributed by atoms with Crippen LogP contribution in [0, 0.1) is 0 Å². The molecule has 4 N–H and O–H groups in total. The molecule has 2 aromatic rings. The van der Waals surface area contributed by atoms with Crippen LogP contribution in [0.3, 0.4) is 0 Å². The molecule has 0 radical (unpaired) electrons. The number of nitrogens with two attached hydrogens (primary N) is 1. The number of hydrogen-bond acceptors (Lipinski definition) is 3. The van der Waals surface area contributed by atoms with E-state index in [9.17, 15) is 9.59 Å². The zero-order chi connectivity index (χ0) is 15.9. The summed E-state index contributed by atoms with van der Waals surface area (Å²) >= 11 is 0. The molecule has 116 valence electrons. The maximum atomic E-state index is 12.0. The van der Waals surface area contributed by atoms with E-state index in [4.69, 9.17) is 5.73 Å². The van der Waals surface area contributed by atoms with Gasteiger partial charge in [0, 0.05) is 18.4 Å². The minimum Gasteiger partial charge on any atom is -0.369 e. The second-order valence-electron chi connectivity index (χ2n) is 4.87. The van der Waals surface area contributed by atoms with Crippen LogP contribution in [-0.4, -0.2) is 21.7 Å². The van der Waals surface area contributed by atoms with Crippen LogP contribution in [0.1, 0.15) is 18.9 Å². The highest BCUT2D eigenvalue weighted by molar-refractivity contribution is 6.00. The summed E-state index contributed by atoms with van der Waals surface area (Å²) in [6.45, 7) is 2.85. The fraction of sp³-hybridized carbons (Fsp3) is 0.267. The topological polar surface area (TPSA) is 102 Å². The van der Waals surface area contributed by atoms with Gasteiger partial charge < -0.3 is 16.4 Å². The maximum absolute atomic E-state index is 12.0. The molecule has 22 heavy (non-hydrogen) atoms. The standard InChI is InChI=1S/C15H19N5O2/c1-2-7-20-10-12(9-17-20)18-15(22)19-13-6-4-3-5-11(13)8-14(16)21/h3-6,9-10H,2,7-8H2,1H3,(H2,16,21)(H2,18,19,22). The highest BCUT2D eigenvalue weighted by atomic mass is 16.2. The largest absolute Gasteiger partial charge is 0.369 e. The minimum absolute atomic E-state index is 0.0743. The highest BCUT2D eigenvalue weighted by Gasteiger charge is 2.09. The number of primary amides is 1. The van der Waals surface area contributed by atoms with Gasteiger partial charge in [0.1, 0.15) is 0 Å². The van der Waals surface area contributed by atoms with Gasteiger partial charge in [0.15, 0.2) is 0 Å². The summed E-state index contributed by atoms with van der Waals surface area (Å²) in [7, 11) is 0. The van der Waals surface area contributed by atoms with E-state index in [-0.39, 0.29) is 6.42 Å². The van der Waals surface area contributed by atoms with Crippen molar-refractivity contribution in [3.05, 3.63) is 42.2 Å². The molecule has 1 aromatic heterocycles. The van der Waals surface area contributed by atoms with Gasteiger partial charge in [0.25, 0.3) is 0 Å². The van der Waals surface area contributed by atoms with Crippen molar-refractivity contribution in [2.45, 2.75) is 26.3 Å². The van der Waals surface area contributed by atoms with Gasteiger partial charge in [0.05, 0.1) is 18.3 Å². The molecule has 0 bridgehead atoms. The van der Waals surface area contributed by atoms with Crippen molar-refractivity contribution in [3.63, 3.8) is 0 Å². The quantitative estimate of drug-likeness (QED) is 0.760. The molecule has 3 amide bonds. The average Bonchev–Trinajstić information content (AvgIpc) is 2.88. The molecule has 1 aromatic carbocycles. The van der Waals surface area contributed by atoms with E-state index in [0.717, 1.165) is 13.0 Å². The van der Waals surface area contributed by atoms with E-state index in [1.54, 1.807) is 41.3 Å². The second-order valence-corrected chi connectivity index (χ2v) is 4.87. The lowest BCUT2D eigenvalue weighted by atomic mass is 10.1. The summed E-state index contributed by atoms with van der Waals surface area (Å²) in [5, 5.41) is 9.55. The molecule has 0 spiro atoms. The van der Waals surface area contributed by atoms with Crippen LogP contribution in [0.4, 0.5) is 16.2 Å². The number of nitrogens with zero attached hydrogens (tertiary/aromatic N) is 2. The van der Waals surface area contributed by atoms with Gasteiger partial charge in [-0.1, -0.05) is 25.1 Å². The van der Waals surface area contributed by atoms with Gasteiger partial charge in [-0.15, -0.1) is 0 Å². The van der Waals surface area contributed by atoms with Crippen molar-refractivity contribution in [1.29, 1.82) is 0 Å². The molecule has 0 aliphatic rings. The van der Waals surface area contributed by atoms with Gasteiger partial charge in [-0.3, -0.25) is 9.48 Å². The Morgan fingerprint density at radius 1 is 1.27 bits per heavy atom. The molecule has 0 aliphatic carbocycles. The van der Waals surface area contributed by atoms with E-state index in [1.165, 1.54) is 0 Å². The molecular formula is C15H19N5O2. The summed E-state index contributed by atoms with van der Waals surface area (Å²) in [5.74, 6) is -0.449. The highest BCUT2D eigenvalue weighted by Crippen LogP contribution is 2.16. The molecule has 0 atom stereocenters. The number of carbonyl (C=O) groups is 2. The van der Waals surface area contributed by atoms with Gasteiger partial charge in [-0.2, -0.15) is 5.10 Å². The molecule has 7 nitrogen and oxygen atoms in total. The Labute approximate surface area is 128 Å².